The molecule has 1 fully saturated rings. The standard InChI is InChI=1S/C20H36N4O5/c1-6-11(3)15(21)18(26)22-13(5)19(27)24-10-8-9-14(24)17(25)23-16(20(28)29)12(4)7-2/h11-16H,6-10,21H2,1-5H3,(H,22,26)(H,23,25)(H,28,29). The van der Waals surface area contributed by atoms with E-state index in [1.165, 1.54) is 4.90 Å². The molecule has 1 rings (SSSR count). The molecule has 166 valence electrons. The van der Waals surface area contributed by atoms with Crippen molar-refractivity contribution in [2.75, 3.05) is 6.54 Å². The molecule has 6 unspecified atom stereocenters. The van der Waals surface area contributed by atoms with Crippen molar-refractivity contribution in [3.63, 3.8) is 0 Å². The van der Waals surface area contributed by atoms with Gasteiger partial charge in [0.15, 0.2) is 0 Å². The Kier molecular flexibility index (Phi) is 9.55. The molecule has 6 atom stereocenters. The number of aliphatic carboxylic acids is 1. The van der Waals surface area contributed by atoms with Gasteiger partial charge < -0.3 is 26.4 Å². The molecule has 3 amide bonds. The molecule has 0 radical (unpaired) electrons. The van der Waals surface area contributed by atoms with Gasteiger partial charge in [-0.1, -0.05) is 40.5 Å². The van der Waals surface area contributed by atoms with Crippen LogP contribution in [0.1, 0.15) is 60.3 Å². The van der Waals surface area contributed by atoms with Crippen LogP contribution in [0.4, 0.5) is 0 Å². The van der Waals surface area contributed by atoms with Gasteiger partial charge in [0, 0.05) is 6.54 Å². The number of hydrogen-bond acceptors (Lipinski definition) is 5. The largest absolute Gasteiger partial charge is 0.480 e. The lowest BCUT2D eigenvalue weighted by Gasteiger charge is -2.29. The zero-order valence-corrected chi connectivity index (χ0v) is 18.1. The maximum atomic E-state index is 12.8. The fraction of sp³-hybridized carbons (Fsp3) is 0.800. The lowest BCUT2D eigenvalue weighted by molar-refractivity contribution is -0.145. The number of nitrogens with two attached hydrogens (primary N) is 1. The van der Waals surface area contributed by atoms with Crippen LogP contribution in [-0.4, -0.2) is 64.4 Å². The Morgan fingerprint density at radius 1 is 1.07 bits per heavy atom. The number of carbonyl (C=O) groups is 4. The van der Waals surface area contributed by atoms with Crippen LogP contribution in [0.3, 0.4) is 0 Å². The molecule has 9 heteroatoms. The highest BCUT2D eigenvalue weighted by atomic mass is 16.4. The molecule has 0 aromatic carbocycles. The predicted octanol–water partition coefficient (Wildman–Crippen LogP) is 0.471. The van der Waals surface area contributed by atoms with E-state index in [-0.39, 0.29) is 17.7 Å². The molecule has 0 saturated carbocycles. The number of nitrogens with zero attached hydrogens (tertiary/aromatic N) is 1. The maximum absolute atomic E-state index is 12.8. The van der Waals surface area contributed by atoms with Gasteiger partial charge in [-0.15, -0.1) is 0 Å². The minimum absolute atomic E-state index is 0.0175. The summed E-state index contributed by atoms with van der Waals surface area (Å²) in [4.78, 5) is 50.7. The summed E-state index contributed by atoms with van der Waals surface area (Å²) in [6, 6.07) is -3.28. The molecule has 0 bridgehead atoms. The lowest BCUT2D eigenvalue weighted by atomic mass is 9.98. The van der Waals surface area contributed by atoms with Crippen LogP contribution in [0, 0.1) is 11.8 Å². The van der Waals surface area contributed by atoms with Gasteiger partial charge in [0.1, 0.15) is 18.1 Å². The Morgan fingerprint density at radius 2 is 1.66 bits per heavy atom. The van der Waals surface area contributed by atoms with E-state index in [9.17, 15) is 24.3 Å². The van der Waals surface area contributed by atoms with Crippen LogP contribution in [0.25, 0.3) is 0 Å². The van der Waals surface area contributed by atoms with Crippen molar-refractivity contribution in [3.05, 3.63) is 0 Å². The number of likely N-dealkylation sites (tertiary alicyclic amines) is 1. The highest BCUT2D eigenvalue weighted by Gasteiger charge is 2.38. The van der Waals surface area contributed by atoms with E-state index < -0.39 is 42.0 Å². The van der Waals surface area contributed by atoms with Gasteiger partial charge in [0.05, 0.1) is 6.04 Å². The maximum Gasteiger partial charge on any atom is 0.326 e. The highest BCUT2D eigenvalue weighted by Crippen LogP contribution is 2.20. The minimum atomic E-state index is -1.09. The van der Waals surface area contributed by atoms with Gasteiger partial charge >= 0.3 is 5.97 Å². The zero-order valence-electron chi connectivity index (χ0n) is 18.1. The SMILES string of the molecule is CCC(C)C(N)C(=O)NC(C)C(=O)N1CCCC1C(=O)NC(C(=O)O)C(C)CC. The van der Waals surface area contributed by atoms with E-state index in [1.807, 2.05) is 20.8 Å². The monoisotopic (exact) mass is 412 g/mol. The molecule has 0 aromatic rings. The summed E-state index contributed by atoms with van der Waals surface area (Å²) in [6.45, 7) is 9.37. The molecule has 29 heavy (non-hydrogen) atoms. The lowest BCUT2D eigenvalue weighted by Crippen LogP contribution is -2.57. The Labute approximate surface area is 172 Å². The molecule has 1 aliphatic rings. The van der Waals surface area contributed by atoms with Gasteiger partial charge in [0.25, 0.3) is 0 Å². The smallest absolute Gasteiger partial charge is 0.326 e. The van der Waals surface area contributed by atoms with E-state index >= 15 is 0 Å². The second-order valence-electron chi connectivity index (χ2n) is 8.04. The van der Waals surface area contributed by atoms with Gasteiger partial charge in [0.2, 0.25) is 17.7 Å². The van der Waals surface area contributed by atoms with Crippen molar-refractivity contribution in [2.45, 2.75) is 84.5 Å². The van der Waals surface area contributed by atoms with E-state index in [1.54, 1.807) is 13.8 Å². The molecule has 1 saturated heterocycles. The van der Waals surface area contributed by atoms with Crippen LogP contribution in [0.15, 0.2) is 0 Å². The first-order chi connectivity index (χ1) is 13.5. The van der Waals surface area contributed by atoms with Gasteiger partial charge in [-0.05, 0) is 31.6 Å². The number of rotatable bonds is 10. The summed E-state index contributed by atoms with van der Waals surface area (Å²) >= 11 is 0. The number of carboxylic acids is 1. The van der Waals surface area contributed by atoms with E-state index in [2.05, 4.69) is 10.6 Å². The highest BCUT2D eigenvalue weighted by molar-refractivity contribution is 5.94. The van der Waals surface area contributed by atoms with E-state index in [4.69, 9.17) is 5.73 Å². The van der Waals surface area contributed by atoms with Gasteiger partial charge in [-0.3, -0.25) is 14.4 Å². The summed E-state index contributed by atoms with van der Waals surface area (Å²) in [7, 11) is 0. The number of nitrogens with one attached hydrogen (secondary N) is 2. The summed E-state index contributed by atoms with van der Waals surface area (Å²) < 4.78 is 0. The molecule has 0 spiro atoms. The Hall–Kier alpha value is -2.16. The second-order valence-corrected chi connectivity index (χ2v) is 8.04. The second kappa shape index (κ2) is 11.1. The zero-order chi connectivity index (χ0) is 22.3. The molecule has 9 nitrogen and oxygen atoms in total. The molecule has 5 N–H and O–H groups in total. The Balaban J connectivity index is 2.79. The average Bonchev–Trinajstić information content (AvgIpc) is 3.18. The van der Waals surface area contributed by atoms with Crippen LogP contribution in [-0.2, 0) is 19.2 Å². The van der Waals surface area contributed by atoms with Crippen LogP contribution in [0.2, 0.25) is 0 Å². The van der Waals surface area contributed by atoms with Crippen molar-refractivity contribution in [1.29, 1.82) is 0 Å². The summed E-state index contributed by atoms with van der Waals surface area (Å²) in [6.07, 6.45) is 2.44. The third-order valence-corrected chi connectivity index (χ3v) is 5.90. The molecule has 0 aliphatic carbocycles. The summed E-state index contributed by atoms with van der Waals surface area (Å²) in [5, 5.41) is 14.6. The third-order valence-electron chi connectivity index (χ3n) is 5.90. The van der Waals surface area contributed by atoms with Crippen molar-refractivity contribution in [1.82, 2.24) is 15.5 Å². The number of amides is 3. The van der Waals surface area contributed by atoms with Crippen molar-refractivity contribution in [2.24, 2.45) is 17.6 Å². The summed E-state index contributed by atoms with van der Waals surface area (Å²) in [5.41, 5.74) is 5.92. The molecule has 0 aromatic heterocycles. The normalized spacial score (nSPS) is 21.6. The topological polar surface area (TPSA) is 142 Å². The molecule has 1 heterocycles. The fourth-order valence-electron chi connectivity index (χ4n) is 3.37. The van der Waals surface area contributed by atoms with Crippen molar-refractivity contribution < 1.29 is 24.3 Å². The number of hydrogen-bond donors (Lipinski definition) is 4. The van der Waals surface area contributed by atoms with Crippen molar-refractivity contribution >= 4 is 23.7 Å². The molecular formula is C20H36N4O5. The number of carboxylic acid groups (broad SMARTS) is 1. The predicted molar refractivity (Wildman–Crippen MR) is 109 cm³/mol. The van der Waals surface area contributed by atoms with Gasteiger partial charge in [-0.25, -0.2) is 4.79 Å². The van der Waals surface area contributed by atoms with Gasteiger partial charge in [-0.2, -0.15) is 0 Å². The first-order valence-corrected chi connectivity index (χ1v) is 10.4. The average molecular weight is 413 g/mol. The summed E-state index contributed by atoms with van der Waals surface area (Å²) in [5.74, 6) is -2.59. The molecular weight excluding hydrogens is 376 g/mol. The van der Waals surface area contributed by atoms with E-state index in [0.29, 0.717) is 25.8 Å². The first kappa shape index (κ1) is 24.9. The Morgan fingerprint density at radius 3 is 2.17 bits per heavy atom. The first-order valence-electron chi connectivity index (χ1n) is 10.4. The Bertz CT molecular complexity index is 612. The van der Waals surface area contributed by atoms with E-state index in [0.717, 1.165) is 6.42 Å². The van der Waals surface area contributed by atoms with Crippen molar-refractivity contribution in [3.8, 4) is 0 Å². The molecule has 1 aliphatic heterocycles. The van der Waals surface area contributed by atoms with Crippen LogP contribution < -0.4 is 16.4 Å². The minimum Gasteiger partial charge on any atom is -0.480 e. The third kappa shape index (κ3) is 6.42. The number of carbonyl (C=O) groups excluding carboxylic acids is 3. The fourth-order valence-corrected chi connectivity index (χ4v) is 3.37. The quantitative estimate of drug-likeness (QED) is 0.411. The van der Waals surface area contributed by atoms with Crippen LogP contribution >= 0.6 is 0 Å². The van der Waals surface area contributed by atoms with Crippen LogP contribution in [0.5, 0.6) is 0 Å².